The number of hydrogen-bond acceptors (Lipinski definition) is 8. The van der Waals surface area contributed by atoms with Gasteiger partial charge in [-0.2, -0.15) is 0 Å². The Morgan fingerprint density at radius 2 is 2.21 bits per heavy atom. The molecule has 0 spiro atoms. The third-order valence-electron chi connectivity index (χ3n) is 2.94. The van der Waals surface area contributed by atoms with Crippen molar-refractivity contribution in [2.24, 2.45) is 0 Å². The Hall–Kier alpha value is -1.19. The van der Waals surface area contributed by atoms with Crippen molar-refractivity contribution in [3.05, 3.63) is 11.8 Å². The van der Waals surface area contributed by atoms with Gasteiger partial charge in [-0.15, -0.1) is 0 Å². The number of aliphatic hydroxyl groups is 4. The Balaban J connectivity index is 2.96. The van der Waals surface area contributed by atoms with Crippen molar-refractivity contribution in [3.63, 3.8) is 0 Å². The van der Waals surface area contributed by atoms with E-state index in [9.17, 15) is 20.1 Å². The normalized spacial score (nSPS) is 30.0. The van der Waals surface area contributed by atoms with Gasteiger partial charge in [0, 0.05) is 0 Å². The Kier molecular flexibility index (Phi) is 5.70. The van der Waals surface area contributed by atoms with E-state index in [2.05, 4.69) is 10.1 Å². The quantitative estimate of drug-likeness (QED) is 0.339. The van der Waals surface area contributed by atoms with Gasteiger partial charge >= 0.3 is 5.97 Å². The highest BCUT2D eigenvalue weighted by Crippen LogP contribution is 2.23. The number of ether oxygens (including phenoxy) is 2. The molecular weight excluding hydrogens is 258 g/mol. The number of carbonyl (C=O) groups is 1. The van der Waals surface area contributed by atoms with E-state index in [1.165, 1.54) is 7.05 Å². The highest BCUT2D eigenvalue weighted by Gasteiger charge is 2.41. The molecule has 0 amide bonds. The van der Waals surface area contributed by atoms with Crippen LogP contribution in [0.1, 0.15) is 0 Å². The summed E-state index contributed by atoms with van der Waals surface area (Å²) in [5.74, 6) is -1.06. The molecule has 5 atom stereocenters. The molecule has 0 aliphatic carbocycles. The Bertz CT molecular complexity index is 346. The number of esters is 1. The molecule has 0 aromatic heterocycles. The van der Waals surface area contributed by atoms with E-state index >= 15 is 0 Å². The van der Waals surface area contributed by atoms with Crippen LogP contribution in [0.3, 0.4) is 0 Å². The number of likely N-dealkylation sites (N-methyl/N-ethyl adjacent to an activating group) is 1. The molecule has 0 aromatic carbocycles. The smallest absolute Gasteiger partial charge is 0.373 e. The number of methoxy groups -OCH3 is 1. The first kappa shape index (κ1) is 15.9. The predicted molar refractivity (Wildman–Crippen MR) is 62.9 cm³/mol. The van der Waals surface area contributed by atoms with Crippen LogP contribution in [0.4, 0.5) is 0 Å². The van der Waals surface area contributed by atoms with Gasteiger partial charge in [-0.3, -0.25) is 0 Å². The van der Waals surface area contributed by atoms with Crippen LogP contribution >= 0.6 is 0 Å². The van der Waals surface area contributed by atoms with Crippen LogP contribution < -0.4 is 5.32 Å². The summed E-state index contributed by atoms with van der Waals surface area (Å²) in [5.41, 5.74) is 0. The van der Waals surface area contributed by atoms with E-state index in [4.69, 9.17) is 9.84 Å². The molecule has 1 rings (SSSR count). The summed E-state index contributed by atoms with van der Waals surface area (Å²) in [7, 11) is 2.68. The van der Waals surface area contributed by atoms with Crippen LogP contribution in [0.2, 0.25) is 0 Å². The van der Waals surface area contributed by atoms with Gasteiger partial charge < -0.3 is 35.2 Å². The second-order valence-corrected chi connectivity index (χ2v) is 4.15. The fraction of sp³-hybridized carbons (Fsp3) is 0.727. The fourth-order valence-electron chi connectivity index (χ4n) is 1.87. The molecule has 8 heteroatoms. The lowest BCUT2D eigenvalue weighted by molar-refractivity contribution is -0.151. The van der Waals surface area contributed by atoms with E-state index in [-0.39, 0.29) is 5.76 Å². The first-order chi connectivity index (χ1) is 8.96. The zero-order valence-electron chi connectivity index (χ0n) is 10.7. The molecule has 5 N–H and O–H groups in total. The molecule has 0 saturated carbocycles. The number of rotatable bonds is 5. The third-order valence-corrected chi connectivity index (χ3v) is 2.94. The van der Waals surface area contributed by atoms with Crippen LogP contribution in [-0.2, 0) is 14.3 Å². The van der Waals surface area contributed by atoms with E-state index in [0.29, 0.717) is 0 Å². The van der Waals surface area contributed by atoms with E-state index in [1.807, 2.05) is 0 Å². The molecular formula is C11H19NO7. The maximum absolute atomic E-state index is 11.4. The minimum Gasteiger partial charge on any atom is -0.479 e. The maximum atomic E-state index is 11.4. The van der Waals surface area contributed by atoms with Crippen LogP contribution in [0.5, 0.6) is 0 Å². The van der Waals surface area contributed by atoms with E-state index in [0.717, 1.165) is 13.2 Å². The van der Waals surface area contributed by atoms with Crippen molar-refractivity contribution < 1.29 is 34.7 Å². The van der Waals surface area contributed by atoms with Crippen LogP contribution in [0, 0.1) is 0 Å². The van der Waals surface area contributed by atoms with Crippen molar-refractivity contribution in [2.75, 3.05) is 20.8 Å². The lowest BCUT2D eigenvalue weighted by Crippen LogP contribution is -2.58. The average molecular weight is 277 g/mol. The van der Waals surface area contributed by atoms with Gasteiger partial charge in [0.05, 0.1) is 25.9 Å². The zero-order chi connectivity index (χ0) is 14.6. The first-order valence-corrected chi connectivity index (χ1v) is 5.75. The molecule has 110 valence electrons. The van der Waals surface area contributed by atoms with Gasteiger partial charge in [-0.1, -0.05) is 0 Å². The molecule has 8 nitrogen and oxygen atoms in total. The van der Waals surface area contributed by atoms with Crippen molar-refractivity contribution >= 4 is 5.97 Å². The van der Waals surface area contributed by atoms with Crippen LogP contribution in [0.25, 0.3) is 0 Å². The summed E-state index contributed by atoms with van der Waals surface area (Å²) >= 11 is 0. The van der Waals surface area contributed by atoms with Gasteiger partial charge in [0.15, 0.2) is 0 Å². The molecule has 0 aromatic rings. The summed E-state index contributed by atoms with van der Waals surface area (Å²) in [4.78, 5) is 11.4. The van der Waals surface area contributed by atoms with Crippen molar-refractivity contribution in [1.82, 2.24) is 5.32 Å². The Morgan fingerprint density at radius 1 is 1.58 bits per heavy atom. The highest BCUT2D eigenvalue weighted by molar-refractivity contribution is 5.86. The van der Waals surface area contributed by atoms with Crippen LogP contribution in [-0.4, -0.2) is 77.6 Å². The number of nitrogens with one attached hydrogen (secondary N) is 1. The lowest BCUT2D eigenvalue weighted by Gasteiger charge is -2.37. The second kappa shape index (κ2) is 6.83. The van der Waals surface area contributed by atoms with Crippen molar-refractivity contribution in [2.45, 2.75) is 30.5 Å². The molecule has 0 bridgehead atoms. The van der Waals surface area contributed by atoms with Gasteiger partial charge in [0.25, 0.3) is 0 Å². The zero-order valence-corrected chi connectivity index (χ0v) is 10.7. The Morgan fingerprint density at radius 3 is 2.68 bits per heavy atom. The molecule has 1 aliphatic rings. The van der Waals surface area contributed by atoms with Gasteiger partial charge in [-0.25, -0.2) is 4.79 Å². The largest absolute Gasteiger partial charge is 0.479 e. The summed E-state index contributed by atoms with van der Waals surface area (Å²) in [6.07, 6.45) is -4.00. The topological polar surface area (TPSA) is 128 Å². The van der Waals surface area contributed by atoms with Crippen LogP contribution in [0.15, 0.2) is 11.8 Å². The Labute approximate surface area is 110 Å². The minimum absolute atomic E-state index is 0.254. The molecule has 1 aliphatic heterocycles. The highest BCUT2D eigenvalue weighted by atomic mass is 16.6. The second-order valence-electron chi connectivity index (χ2n) is 4.15. The van der Waals surface area contributed by atoms with Crippen molar-refractivity contribution in [3.8, 4) is 0 Å². The summed E-state index contributed by atoms with van der Waals surface area (Å²) in [6.45, 7) is -0.676. The predicted octanol–water partition coefficient (Wildman–Crippen LogP) is -2.89. The fourth-order valence-corrected chi connectivity index (χ4v) is 1.87. The van der Waals surface area contributed by atoms with Gasteiger partial charge in [0.1, 0.15) is 18.3 Å². The average Bonchev–Trinajstić information content (AvgIpc) is 2.43. The lowest BCUT2D eigenvalue weighted by atomic mass is 9.94. The van der Waals surface area contributed by atoms with Gasteiger partial charge in [0.2, 0.25) is 5.76 Å². The third kappa shape index (κ3) is 3.43. The maximum Gasteiger partial charge on any atom is 0.373 e. The first-order valence-electron chi connectivity index (χ1n) is 5.75. The summed E-state index contributed by atoms with van der Waals surface area (Å²) in [5, 5.41) is 40.7. The minimum atomic E-state index is -1.48. The SMILES string of the molecule is CNC1C(O)C=C(C(=O)OC)OC1C(O)C(O)CO. The molecule has 0 fully saturated rings. The number of hydrogen-bond donors (Lipinski definition) is 5. The van der Waals surface area contributed by atoms with E-state index < -0.39 is 43.0 Å². The molecule has 5 unspecified atom stereocenters. The molecule has 0 radical (unpaired) electrons. The van der Waals surface area contributed by atoms with Gasteiger partial charge in [-0.05, 0) is 13.1 Å². The summed E-state index contributed by atoms with van der Waals surface area (Å²) < 4.78 is 9.71. The number of carbonyl (C=O) groups excluding carboxylic acids is 1. The summed E-state index contributed by atoms with van der Waals surface area (Å²) in [6, 6.07) is -0.746. The molecule has 1 heterocycles. The van der Waals surface area contributed by atoms with Crippen molar-refractivity contribution in [1.29, 1.82) is 0 Å². The molecule has 19 heavy (non-hydrogen) atoms. The van der Waals surface area contributed by atoms with E-state index in [1.54, 1.807) is 0 Å². The number of aliphatic hydroxyl groups excluding tert-OH is 4. The molecule has 0 saturated heterocycles. The standard InChI is InChI=1S/C11H19NO7/c1-12-8-5(14)3-7(11(17)18-2)19-10(8)9(16)6(15)4-13/h3,5-6,8-10,12-16H,4H2,1-2H3. The monoisotopic (exact) mass is 277 g/mol.